The quantitative estimate of drug-likeness (QED) is 0.667. The summed E-state index contributed by atoms with van der Waals surface area (Å²) in [5.74, 6) is -0.311. The summed E-state index contributed by atoms with van der Waals surface area (Å²) in [6, 6.07) is -0.0805. The molecule has 0 unspecified atom stereocenters. The first-order valence-corrected chi connectivity index (χ1v) is 10.1. The lowest BCUT2D eigenvalue weighted by molar-refractivity contribution is -0.154. The van der Waals surface area contributed by atoms with Gasteiger partial charge in [0, 0.05) is 32.7 Å². The second-order valence-corrected chi connectivity index (χ2v) is 9.37. The van der Waals surface area contributed by atoms with E-state index >= 15 is 0 Å². The van der Waals surface area contributed by atoms with E-state index in [2.05, 4.69) is 0 Å². The Morgan fingerprint density at radius 3 is 2.25 bits per heavy atom. The summed E-state index contributed by atoms with van der Waals surface area (Å²) in [5, 5.41) is 0. The molecule has 2 fully saturated rings. The number of amides is 3. The number of fused-ring (bicyclic) bond motifs is 1. The first kappa shape index (κ1) is 22.3. The summed E-state index contributed by atoms with van der Waals surface area (Å²) in [6.45, 7) is 15.3. The van der Waals surface area contributed by atoms with Gasteiger partial charge in [-0.3, -0.25) is 4.79 Å². The normalized spacial score (nSPS) is 23.0. The highest BCUT2D eigenvalue weighted by atomic mass is 16.6. The van der Waals surface area contributed by atoms with Crippen molar-refractivity contribution in [3.63, 3.8) is 0 Å². The highest BCUT2D eigenvalue weighted by Gasteiger charge is 2.53. The molecule has 2 rings (SSSR count). The zero-order valence-corrected chi connectivity index (χ0v) is 18.3. The van der Waals surface area contributed by atoms with Crippen LogP contribution in [0.2, 0.25) is 0 Å². The maximum absolute atomic E-state index is 13.0. The van der Waals surface area contributed by atoms with Crippen molar-refractivity contribution in [3.8, 4) is 0 Å². The minimum absolute atomic E-state index is 0.0805. The van der Waals surface area contributed by atoms with E-state index in [-0.39, 0.29) is 24.6 Å². The molecule has 0 aromatic rings. The SMILES string of the molecule is CCOC(=O)C(C)(C)CN1C[C@]2(CC)CN(C(=O)OC(C)(C)C)CCN2C1=O. The standard InChI is InChI=1S/C20H35N3O5/c1-8-20-13-21(17(26)28-18(3,4)5)10-11-23(20)16(25)22(14-20)12-19(6,7)15(24)27-9-2/h8-14H2,1-7H3/t20-/m0/s1. The van der Waals surface area contributed by atoms with Gasteiger partial charge >= 0.3 is 18.1 Å². The zero-order chi connectivity index (χ0) is 21.3. The maximum atomic E-state index is 13.0. The molecule has 0 aromatic carbocycles. The Labute approximate surface area is 168 Å². The molecule has 8 heteroatoms. The van der Waals surface area contributed by atoms with Gasteiger partial charge in [0.1, 0.15) is 5.60 Å². The largest absolute Gasteiger partial charge is 0.466 e. The molecule has 0 saturated carbocycles. The zero-order valence-electron chi connectivity index (χ0n) is 18.3. The second-order valence-electron chi connectivity index (χ2n) is 9.37. The number of hydrogen-bond donors (Lipinski definition) is 0. The van der Waals surface area contributed by atoms with Crippen LogP contribution in [0.3, 0.4) is 0 Å². The molecule has 28 heavy (non-hydrogen) atoms. The van der Waals surface area contributed by atoms with Crippen molar-refractivity contribution < 1.29 is 23.9 Å². The van der Waals surface area contributed by atoms with Gasteiger partial charge in [0.25, 0.3) is 0 Å². The monoisotopic (exact) mass is 397 g/mol. The fourth-order valence-corrected chi connectivity index (χ4v) is 3.89. The molecular formula is C20H35N3O5. The predicted octanol–water partition coefficient (Wildman–Crippen LogP) is 2.71. The molecule has 0 N–H and O–H groups in total. The number of hydrogen-bond acceptors (Lipinski definition) is 5. The lowest BCUT2D eigenvalue weighted by Gasteiger charge is -2.45. The number of rotatable bonds is 5. The van der Waals surface area contributed by atoms with Crippen LogP contribution in [-0.4, -0.2) is 83.3 Å². The number of esters is 1. The smallest absolute Gasteiger partial charge is 0.410 e. The first-order chi connectivity index (χ1) is 12.8. The summed E-state index contributed by atoms with van der Waals surface area (Å²) in [6.07, 6.45) is 0.367. The fraction of sp³-hybridized carbons (Fsp3) is 0.850. The van der Waals surface area contributed by atoms with Gasteiger partial charge in [-0.25, -0.2) is 9.59 Å². The minimum Gasteiger partial charge on any atom is -0.466 e. The number of nitrogens with zero attached hydrogens (tertiary/aromatic N) is 3. The van der Waals surface area contributed by atoms with E-state index in [0.717, 1.165) is 0 Å². The topological polar surface area (TPSA) is 79.4 Å². The molecule has 3 amide bonds. The van der Waals surface area contributed by atoms with E-state index in [4.69, 9.17) is 9.47 Å². The van der Waals surface area contributed by atoms with Crippen molar-refractivity contribution in [1.29, 1.82) is 0 Å². The Balaban J connectivity index is 2.15. The van der Waals surface area contributed by atoms with Crippen molar-refractivity contribution in [3.05, 3.63) is 0 Å². The minimum atomic E-state index is -0.792. The predicted molar refractivity (Wildman–Crippen MR) is 105 cm³/mol. The van der Waals surface area contributed by atoms with E-state index < -0.39 is 16.6 Å². The summed E-state index contributed by atoms with van der Waals surface area (Å²) < 4.78 is 10.7. The van der Waals surface area contributed by atoms with Crippen LogP contribution in [-0.2, 0) is 14.3 Å². The molecule has 0 aromatic heterocycles. The van der Waals surface area contributed by atoms with Crippen molar-refractivity contribution in [2.75, 3.05) is 39.3 Å². The molecule has 0 aliphatic carbocycles. The summed E-state index contributed by atoms with van der Waals surface area (Å²) in [4.78, 5) is 43.1. The van der Waals surface area contributed by atoms with Crippen LogP contribution in [0.4, 0.5) is 9.59 Å². The molecule has 160 valence electrons. The number of ether oxygens (including phenoxy) is 2. The molecule has 0 radical (unpaired) electrons. The van der Waals surface area contributed by atoms with Gasteiger partial charge in [-0.15, -0.1) is 0 Å². The Hall–Kier alpha value is -1.99. The van der Waals surface area contributed by atoms with E-state index in [1.54, 1.807) is 30.6 Å². The van der Waals surface area contributed by atoms with Crippen LogP contribution in [0.5, 0.6) is 0 Å². The van der Waals surface area contributed by atoms with E-state index in [1.165, 1.54) is 0 Å². The molecule has 2 aliphatic rings. The number of piperazine rings is 1. The van der Waals surface area contributed by atoms with Gasteiger partial charge in [-0.2, -0.15) is 0 Å². The van der Waals surface area contributed by atoms with Crippen LogP contribution in [0.25, 0.3) is 0 Å². The lowest BCUT2D eigenvalue weighted by Crippen LogP contribution is -2.62. The van der Waals surface area contributed by atoms with Crippen LogP contribution < -0.4 is 0 Å². The van der Waals surface area contributed by atoms with Crippen molar-refractivity contribution >= 4 is 18.1 Å². The van der Waals surface area contributed by atoms with Gasteiger partial charge in [0.05, 0.1) is 17.6 Å². The number of carbonyl (C=O) groups is 3. The summed E-state index contributed by atoms with van der Waals surface area (Å²) >= 11 is 0. The first-order valence-electron chi connectivity index (χ1n) is 10.1. The highest BCUT2D eigenvalue weighted by molar-refractivity contribution is 5.81. The van der Waals surface area contributed by atoms with E-state index in [0.29, 0.717) is 39.2 Å². The van der Waals surface area contributed by atoms with Crippen molar-refractivity contribution in [2.45, 2.75) is 66.0 Å². The lowest BCUT2D eigenvalue weighted by atomic mass is 9.90. The average Bonchev–Trinajstić information content (AvgIpc) is 2.85. The number of carbonyl (C=O) groups excluding carboxylic acids is 3. The molecule has 2 aliphatic heterocycles. The fourth-order valence-electron chi connectivity index (χ4n) is 3.89. The highest BCUT2D eigenvalue weighted by Crippen LogP contribution is 2.35. The Kier molecular flexibility index (Phi) is 6.21. The van der Waals surface area contributed by atoms with Crippen LogP contribution >= 0.6 is 0 Å². The molecular weight excluding hydrogens is 362 g/mol. The maximum Gasteiger partial charge on any atom is 0.410 e. The summed E-state index contributed by atoms with van der Waals surface area (Å²) in [5.41, 5.74) is -1.81. The molecule has 2 saturated heterocycles. The van der Waals surface area contributed by atoms with Crippen molar-refractivity contribution in [2.24, 2.45) is 5.41 Å². The van der Waals surface area contributed by atoms with Gasteiger partial charge in [-0.1, -0.05) is 6.92 Å². The second kappa shape index (κ2) is 7.79. The number of urea groups is 1. The summed E-state index contributed by atoms with van der Waals surface area (Å²) in [7, 11) is 0. The molecule has 1 atom stereocenters. The van der Waals surface area contributed by atoms with E-state index in [1.807, 2.05) is 32.6 Å². The van der Waals surface area contributed by atoms with Gasteiger partial charge < -0.3 is 24.2 Å². The van der Waals surface area contributed by atoms with E-state index in [9.17, 15) is 14.4 Å². The van der Waals surface area contributed by atoms with Gasteiger partial charge in [-0.05, 0) is 48.0 Å². The molecule has 2 heterocycles. The van der Waals surface area contributed by atoms with Crippen LogP contribution in [0, 0.1) is 5.41 Å². The third-order valence-corrected chi connectivity index (χ3v) is 5.36. The van der Waals surface area contributed by atoms with Gasteiger partial charge in [0.15, 0.2) is 0 Å². The molecule has 8 nitrogen and oxygen atoms in total. The average molecular weight is 398 g/mol. The third-order valence-electron chi connectivity index (χ3n) is 5.36. The third kappa shape index (κ3) is 4.52. The van der Waals surface area contributed by atoms with Crippen LogP contribution in [0.15, 0.2) is 0 Å². The van der Waals surface area contributed by atoms with Gasteiger partial charge in [0.2, 0.25) is 0 Å². The Morgan fingerprint density at radius 2 is 1.71 bits per heavy atom. The van der Waals surface area contributed by atoms with Crippen molar-refractivity contribution in [1.82, 2.24) is 14.7 Å². The molecule has 0 spiro atoms. The Morgan fingerprint density at radius 1 is 1.07 bits per heavy atom. The molecule has 0 bridgehead atoms. The van der Waals surface area contributed by atoms with Crippen LogP contribution in [0.1, 0.15) is 54.9 Å². The Bertz CT molecular complexity index is 628.